The summed E-state index contributed by atoms with van der Waals surface area (Å²) in [5, 5.41) is 5.40. The number of hydrogen-bond acceptors (Lipinski definition) is 7. The topological polar surface area (TPSA) is 79.0 Å². The number of benzene rings is 2. The molecule has 2 aromatic carbocycles. The molecular formula is C29H33N3O4S. The largest absolute Gasteiger partial charge is 0.462 e. The molecule has 0 spiro atoms. The van der Waals surface area contributed by atoms with Gasteiger partial charge in [-0.3, -0.25) is 14.5 Å². The highest BCUT2D eigenvalue weighted by atomic mass is 32.1. The molecule has 1 aliphatic heterocycles. The number of carbonyl (C=O) groups is 3. The van der Waals surface area contributed by atoms with Crippen molar-refractivity contribution in [2.24, 2.45) is 0 Å². The molecule has 7 nitrogen and oxygen atoms in total. The first-order valence-corrected chi connectivity index (χ1v) is 13.4. The normalized spacial score (nSPS) is 13.9. The number of esters is 1. The fourth-order valence-electron chi connectivity index (χ4n) is 4.61. The molecule has 194 valence electrons. The number of aryl methyl sites for hydroxylation is 2. The Hall–Kier alpha value is -3.49. The summed E-state index contributed by atoms with van der Waals surface area (Å²) in [5.41, 5.74) is 6.14. The fraction of sp³-hybridized carbons (Fsp3) is 0.345. The third kappa shape index (κ3) is 6.26. The van der Waals surface area contributed by atoms with Gasteiger partial charge in [0, 0.05) is 48.4 Å². The van der Waals surface area contributed by atoms with Gasteiger partial charge in [0.1, 0.15) is 10.6 Å². The van der Waals surface area contributed by atoms with E-state index in [9.17, 15) is 14.4 Å². The summed E-state index contributed by atoms with van der Waals surface area (Å²) in [6.45, 7) is 11.0. The minimum atomic E-state index is -0.432. The van der Waals surface area contributed by atoms with E-state index in [4.69, 9.17) is 4.74 Å². The Morgan fingerprint density at radius 3 is 2.30 bits per heavy atom. The summed E-state index contributed by atoms with van der Waals surface area (Å²) in [6.07, 6.45) is 0. The van der Waals surface area contributed by atoms with Gasteiger partial charge in [-0.05, 0) is 63.1 Å². The molecule has 0 saturated carbocycles. The van der Waals surface area contributed by atoms with Crippen molar-refractivity contribution >= 4 is 39.7 Å². The Morgan fingerprint density at radius 1 is 0.973 bits per heavy atom. The number of nitrogens with one attached hydrogen (secondary N) is 1. The predicted molar refractivity (Wildman–Crippen MR) is 149 cm³/mol. The van der Waals surface area contributed by atoms with Crippen LogP contribution in [0.1, 0.15) is 45.7 Å². The Morgan fingerprint density at radius 2 is 1.68 bits per heavy atom. The van der Waals surface area contributed by atoms with Crippen LogP contribution < -0.4 is 10.2 Å². The van der Waals surface area contributed by atoms with Gasteiger partial charge in [0.05, 0.1) is 13.2 Å². The number of rotatable bonds is 8. The van der Waals surface area contributed by atoms with Crippen molar-refractivity contribution < 1.29 is 19.1 Å². The summed E-state index contributed by atoms with van der Waals surface area (Å²) >= 11 is 1.35. The molecule has 1 N–H and O–H groups in total. The molecule has 1 aliphatic rings. The summed E-state index contributed by atoms with van der Waals surface area (Å²) < 4.78 is 5.34. The molecule has 0 unspecified atom stereocenters. The van der Waals surface area contributed by atoms with Gasteiger partial charge in [0.2, 0.25) is 5.91 Å². The van der Waals surface area contributed by atoms with Crippen LogP contribution in [-0.4, -0.2) is 61.9 Å². The van der Waals surface area contributed by atoms with E-state index in [1.165, 1.54) is 11.3 Å². The first-order chi connectivity index (χ1) is 17.8. The highest BCUT2D eigenvalue weighted by Crippen LogP contribution is 2.38. The van der Waals surface area contributed by atoms with E-state index in [-0.39, 0.29) is 24.8 Å². The molecule has 0 bridgehead atoms. The Balaban J connectivity index is 1.41. The van der Waals surface area contributed by atoms with Crippen LogP contribution in [0.4, 0.5) is 10.7 Å². The molecule has 8 heteroatoms. The number of nitrogens with zero attached hydrogens (tertiary/aromatic N) is 2. The smallest absolute Gasteiger partial charge is 0.341 e. The van der Waals surface area contributed by atoms with Crippen LogP contribution >= 0.6 is 11.3 Å². The zero-order valence-corrected chi connectivity index (χ0v) is 22.6. The van der Waals surface area contributed by atoms with E-state index < -0.39 is 5.97 Å². The zero-order chi connectivity index (χ0) is 26.5. The number of ether oxygens (including phenoxy) is 1. The maximum absolute atomic E-state index is 13.0. The number of Topliss-reactive ketones (excluding diaryl/α,β-unsaturated/α-hetero) is 1. The minimum absolute atomic E-state index is 0.0559. The van der Waals surface area contributed by atoms with Gasteiger partial charge in [0.15, 0.2) is 5.78 Å². The molecule has 1 fully saturated rings. The second-order valence-corrected chi connectivity index (χ2v) is 10.2. The van der Waals surface area contributed by atoms with Gasteiger partial charge >= 0.3 is 5.97 Å². The summed E-state index contributed by atoms with van der Waals surface area (Å²) in [7, 11) is 0. The number of carbonyl (C=O) groups excluding carboxylic acids is 3. The lowest BCUT2D eigenvalue weighted by Crippen LogP contribution is -2.48. The summed E-state index contributed by atoms with van der Waals surface area (Å²) in [5.74, 6) is -0.530. The van der Waals surface area contributed by atoms with E-state index >= 15 is 0 Å². The van der Waals surface area contributed by atoms with Crippen molar-refractivity contribution in [1.82, 2.24) is 4.90 Å². The van der Waals surface area contributed by atoms with Crippen molar-refractivity contribution in [3.63, 3.8) is 0 Å². The Bertz CT molecular complexity index is 1290. The minimum Gasteiger partial charge on any atom is -0.462 e. The number of piperazine rings is 1. The lowest BCUT2D eigenvalue weighted by atomic mass is 9.97. The molecule has 1 saturated heterocycles. The van der Waals surface area contributed by atoms with Crippen LogP contribution in [0.5, 0.6) is 0 Å². The maximum atomic E-state index is 13.0. The van der Waals surface area contributed by atoms with Crippen molar-refractivity contribution in [3.05, 3.63) is 70.1 Å². The van der Waals surface area contributed by atoms with Crippen molar-refractivity contribution in [2.75, 3.05) is 49.5 Å². The Kier molecular flexibility index (Phi) is 8.41. The van der Waals surface area contributed by atoms with Gasteiger partial charge in [-0.25, -0.2) is 4.79 Å². The number of ketones is 1. The van der Waals surface area contributed by atoms with Crippen LogP contribution in [0.3, 0.4) is 0 Å². The van der Waals surface area contributed by atoms with Crippen molar-refractivity contribution in [1.29, 1.82) is 0 Å². The number of anilines is 2. The molecular weight excluding hydrogens is 486 g/mol. The fourth-order valence-corrected chi connectivity index (χ4v) is 5.57. The van der Waals surface area contributed by atoms with E-state index in [0.717, 1.165) is 54.1 Å². The molecule has 1 aromatic heterocycles. The molecule has 2 heterocycles. The third-order valence-electron chi connectivity index (χ3n) is 6.57. The monoisotopic (exact) mass is 519 g/mol. The number of hydrogen-bond donors (Lipinski definition) is 1. The van der Waals surface area contributed by atoms with Crippen LogP contribution in [0.25, 0.3) is 11.1 Å². The average Bonchev–Trinajstić information content (AvgIpc) is 3.27. The molecule has 1 amide bonds. The highest BCUT2D eigenvalue weighted by Gasteiger charge is 2.25. The Labute approximate surface area is 222 Å². The zero-order valence-electron chi connectivity index (χ0n) is 21.8. The molecule has 0 atom stereocenters. The van der Waals surface area contributed by atoms with Gasteiger partial charge in [0.25, 0.3) is 0 Å². The van der Waals surface area contributed by atoms with E-state index in [2.05, 4.69) is 21.2 Å². The standard InChI is InChI=1S/C29H33N3O4S/c1-5-36-29(35)27-25(24-11-6-19(2)16-20(24)3)18-37-28(27)30-26(34)17-31-12-14-32(15-13-31)23-9-7-22(8-10-23)21(4)33/h6-11,16,18H,5,12-15,17H2,1-4H3,(H,30,34). The molecule has 0 aliphatic carbocycles. The van der Waals surface area contributed by atoms with Crippen LogP contribution in [0, 0.1) is 13.8 Å². The van der Waals surface area contributed by atoms with Crippen LogP contribution in [0.15, 0.2) is 47.8 Å². The lowest BCUT2D eigenvalue weighted by Gasteiger charge is -2.35. The van der Waals surface area contributed by atoms with Crippen LogP contribution in [-0.2, 0) is 9.53 Å². The molecule has 3 aromatic rings. The quantitative estimate of drug-likeness (QED) is 0.327. The third-order valence-corrected chi connectivity index (χ3v) is 7.47. The van der Waals surface area contributed by atoms with Gasteiger partial charge in [-0.15, -0.1) is 11.3 Å². The van der Waals surface area contributed by atoms with Gasteiger partial charge in [-0.2, -0.15) is 0 Å². The predicted octanol–water partition coefficient (Wildman–Crippen LogP) is 5.17. The lowest BCUT2D eigenvalue weighted by molar-refractivity contribution is -0.117. The SMILES string of the molecule is CCOC(=O)c1c(-c2ccc(C)cc2C)csc1NC(=O)CN1CCN(c2ccc(C(C)=O)cc2)CC1. The average molecular weight is 520 g/mol. The first-order valence-electron chi connectivity index (χ1n) is 12.5. The van der Waals surface area contributed by atoms with E-state index in [0.29, 0.717) is 16.1 Å². The maximum Gasteiger partial charge on any atom is 0.341 e. The summed E-state index contributed by atoms with van der Waals surface area (Å²) in [4.78, 5) is 41.8. The van der Waals surface area contributed by atoms with Gasteiger partial charge < -0.3 is 15.0 Å². The second kappa shape index (κ2) is 11.7. The highest BCUT2D eigenvalue weighted by molar-refractivity contribution is 7.15. The van der Waals surface area contributed by atoms with Crippen molar-refractivity contribution in [3.8, 4) is 11.1 Å². The van der Waals surface area contributed by atoms with E-state index in [1.54, 1.807) is 13.8 Å². The number of amides is 1. The molecule has 4 rings (SSSR count). The summed E-state index contributed by atoms with van der Waals surface area (Å²) in [6, 6.07) is 13.8. The van der Waals surface area contributed by atoms with Crippen molar-refractivity contribution in [2.45, 2.75) is 27.7 Å². The van der Waals surface area contributed by atoms with E-state index in [1.807, 2.05) is 55.6 Å². The first kappa shape index (κ1) is 26.6. The van der Waals surface area contributed by atoms with Crippen LogP contribution in [0.2, 0.25) is 0 Å². The number of thiophene rings is 1. The second-order valence-electron chi connectivity index (χ2n) is 9.31. The molecule has 37 heavy (non-hydrogen) atoms. The van der Waals surface area contributed by atoms with Gasteiger partial charge in [-0.1, -0.05) is 23.8 Å². The molecule has 0 radical (unpaired) electrons.